The van der Waals surface area contributed by atoms with Crippen LogP contribution in [0.5, 0.6) is 11.5 Å². The largest absolute Gasteiger partial charge is 0.497 e. The van der Waals surface area contributed by atoms with Gasteiger partial charge in [-0.1, -0.05) is 12.1 Å². The number of nitrogens with zero attached hydrogens (tertiary/aromatic N) is 2. The third kappa shape index (κ3) is 7.10. The molecule has 0 atom stereocenters. The Labute approximate surface area is 227 Å². The van der Waals surface area contributed by atoms with Gasteiger partial charge >= 0.3 is 0 Å². The average Bonchev–Trinajstić information content (AvgIpc) is 2.96. The van der Waals surface area contributed by atoms with Crippen LogP contribution in [0.25, 0.3) is 6.08 Å². The number of benzene rings is 3. The Balaban J connectivity index is 1.23. The molecule has 0 saturated carbocycles. The molecule has 0 aliphatic carbocycles. The second kappa shape index (κ2) is 12.7. The first kappa shape index (κ1) is 26.7. The highest BCUT2D eigenvalue weighted by Crippen LogP contribution is 2.21. The number of hydrogen-bond donors (Lipinski definition) is 2. The highest BCUT2D eigenvalue weighted by atomic mass is 32.1. The van der Waals surface area contributed by atoms with Gasteiger partial charge in [-0.3, -0.25) is 14.9 Å². The van der Waals surface area contributed by atoms with E-state index in [1.54, 1.807) is 44.6 Å². The third-order valence-electron chi connectivity index (χ3n) is 6.17. The molecule has 0 radical (unpaired) electrons. The number of methoxy groups -OCH3 is 2. The van der Waals surface area contributed by atoms with Crippen molar-refractivity contribution in [2.45, 2.75) is 0 Å². The molecule has 0 aromatic heterocycles. The van der Waals surface area contributed by atoms with Gasteiger partial charge in [0.2, 0.25) is 5.91 Å². The van der Waals surface area contributed by atoms with E-state index in [0.29, 0.717) is 18.7 Å². The van der Waals surface area contributed by atoms with Crippen molar-refractivity contribution < 1.29 is 19.1 Å². The summed E-state index contributed by atoms with van der Waals surface area (Å²) >= 11 is 5.28. The lowest BCUT2D eigenvalue weighted by Gasteiger charge is -2.36. The topological polar surface area (TPSA) is 83.1 Å². The predicted octanol–water partition coefficient (Wildman–Crippen LogP) is 4.19. The number of anilines is 2. The first-order valence-corrected chi connectivity index (χ1v) is 12.6. The maximum absolute atomic E-state index is 12.8. The van der Waals surface area contributed by atoms with Crippen molar-refractivity contribution >= 4 is 46.6 Å². The molecule has 1 fully saturated rings. The van der Waals surface area contributed by atoms with Crippen LogP contribution in [0.1, 0.15) is 15.9 Å². The zero-order valence-electron chi connectivity index (χ0n) is 21.3. The van der Waals surface area contributed by atoms with Crippen molar-refractivity contribution in [1.29, 1.82) is 0 Å². The minimum atomic E-state index is -0.322. The lowest BCUT2D eigenvalue weighted by Crippen LogP contribution is -2.48. The summed E-state index contributed by atoms with van der Waals surface area (Å²) < 4.78 is 10.3. The lowest BCUT2D eigenvalue weighted by molar-refractivity contribution is -0.115. The number of carbonyl (C=O) groups is 2. The van der Waals surface area contributed by atoms with Crippen molar-refractivity contribution in [3.63, 3.8) is 0 Å². The van der Waals surface area contributed by atoms with Gasteiger partial charge in [-0.05, 0) is 84.5 Å². The maximum atomic E-state index is 12.8. The fraction of sp³-hybridized carbons (Fsp3) is 0.207. The van der Waals surface area contributed by atoms with Crippen LogP contribution in [-0.4, -0.2) is 62.2 Å². The van der Waals surface area contributed by atoms with Gasteiger partial charge in [0.05, 0.1) is 14.2 Å². The molecule has 2 amide bonds. The molecule has 1 aliphatic heterocycles. The van der Waals surface area contributed by atoms with Gasteiger partial charge in [-0.15, -0.1) is 0 Å². The first-order valence-electron chi connectivity index (χ1n) is 12.2. The van der Waals surface area contributed by atoms with Crippen LogP contribution in [0, 0.1) is 0 Å². The van der Waals surface area contributed by atoms with Crippen molar-refractivity contribution in [2.24, 2.45) is 0 Å². The van der Waals surface area contributed by atoms with Gasteiger partial charge in [-0.25, -0.2) is 0 Å². The van der Waals surface area contributed by atoms with E-state index in [9.17, 15) is 9.59 Å². The van der Waals surface area contributed by atoms with Crippen LogP contribution in [0.4, 0.5) is 11.4 Å². The maximum Gasteiger partial charge on any atom is 0.253 e. The molecule has 3 aromatic rings. The molecular formula is C29H30N4O4S. The van der Waals surface area contributed by atoms with E-state index in [0.717, 1.165) is 41.5 Å². The van der Waals surface area contributed by atoms with Gasteiger partial charge in [0.15, 0.2) is 5.11 Å². The second-order valence-corrected chi connectivity index (χ2v) is 9.01. The number of amides is 2. The zero-order chi connectivity index (χ0) is 26.9. The van der Waals surface area contributed by atoms with Crippen LogP contribution in [0.3, 0.4) is 0 Å². The van der Waals surface area contributed by atoms with Crippen molar-refractivity contribution in [2.75, 3.05) is 50.6 Å². The summed E-state index contributed by atoms with van der Waals surface area (Å²) in [4.78, 5) is 29.1. The van der Waals surface area contributed by atoms with E-state index in [1.165, 1.54) is 6.08 Å². The second-order valence-electron chi connectivity index (χ2n) is 8.60. The van der Waals surface area contributed by atoms with Crippen molar-refractivity contribution in [3.05, 3.63) is 90.0 Å². The molecule has 1 saturated heterocycles. The monoisotopic (exact) mass is 530 g/mol. The normalized spacial score (nSPS) is 13.2. The summed E-state index contributed by atoms with van der Waals surface area (Å²) in [7, 11) is 3.21. The Hall–Kier alpha value is -4.37. The fourth-order valence-corrected chi connectivity index (χ4v) is 4.26. The standard InChI is InChI=1S/C29H30N4O4S/c1-36-25-12-3-21(4-13-25)5-16-27(34)31-29(38)30-23-8-10-24(11-9-23)32-17-19-33(20-18-32)28(35)22-6-14-26(37-2)15-7-22/h3-16H,17-20H2,1-2H3,(H2,30,31,34,38)/b16-5+. The quantitative estimate of drug-likeness (QED) is 0.350. The molecule has 196 valence electrons. The Bertz CT molecular complexity index is 1280. The number of ether oxygens (including phenoxy) is 2. The summed E-state index contributed by atoms with van der Waals surface area (Å²) in [6.07, 6.45) is 3.13. The molecule has 38 heavy (non-hydrogen) atoms. The Kier molecular flexibility index (Phi) is 8.94. The Morgan fingerprint density at radius 3 is 1.97 bits per heavy atom. The van der Waals surface area contributed by atoms with Gasteiger partial charge in [0.25, 0.3) is 5.91 Å². The molecule has 8 nitrogen and oxygen atoms in total. The van der Waals surface area contributed by atoms with E-state index in [4.69, 9.17) is 21.7 Å². The zero-order valence-corrected chi connectivity index (χ0v) is 22.2. The molecule has 4 rings (SSSR count). The van der Waals surface area contributed by atoms with E-state index in [-0.39, 0.29) is 16.9 Å². The molecule has 0 spiro atoms. The Morgan fingerprint density at radius 1 is 0.816 bits per heavy atom. The van der Waals surface area contributed by atoms with Gasteiger partial charge in [-0.2, -0.15) is 0 Å². The molecule has 0 unspecified atom stereocenters. The highest BCUT2D eigenvalue weighted by molar-refractivity contribution is 7.80. The van der Waals surface area contributed by atoms with Crippen LogP contribution in [-0.2, 0) is 4.79 Å². The van der Waals surface area contributed by atoms with Crippen LogP contribution < -0.4 is 25.0 Å². The molecule has 1 heterocycles. The third-order valence-corrected chi connectivity index (χ3v) is 6.38. The minimum Gasteiger partial charge on any atom is -0.497 e. The van der Waals surface area contributed by atoms with Gasteiger partial charge in [0.1, 0.15) is 11.5 Å². The van der Waals surface area contributed by atoms with Gasteiger partial charge < -0.3 is 24.6 Å². The average molecular weight is 531 g/mol. The number of piperazine rings is 1. The summed E-state index contributed by atoms with van der Waals surface area (Å²) in [5.41, 5.74) is 3.37. The summed E-state index contributed by atoms with van der Waals surface area (Å²) in [6, 6.07) is 22.4. The molecule has 1 aliphatic rings. The molecule has 9 heteroatoms. The van der Waals surface area contributed by atoms with E-state index in [2.05, 4.69) is 15.5 Å². The van der Waals surface area contributed by atoms with Crippen LogP contribution >= 0.6 is 12.2 Å². The van der Waals surface area contributed by atoms with Crippen LogP contribution in [0.15, 0.2) is 78.9 Å². The Morgan fingerprint density at radius 2 is 1.39 bits per heavy atom. The first-order chi connectivity index (χ1) is 18.4. The molecule has 2 N–H and O–H groups in total. The number of carbonyl (C=O) groups excluding carboxylic acids is 2. The SMILES string of the molecule is COc1ccc(/C=C/C(=O)NC(=S)Nc2ccc(N3CCN(C(=O)c4ccc(OC)cc4)CC3)cc2)cc1. The highest BCUT2D eigenvalue weighted by Gasteiger charge is 2.22. The number of hydrogen-bond acceptors (Lipinski definition) is 6. The summed E-state index contributed by atoms with van der Waals surface area (Å²) in [5, 5.41) is 5.90. The van der Waals surface area contributed by atoms with Gasteiger partial charge in [0, 0.05) is 49.2 Å². The van der Waals surface area contributed by atoms with Crippen molar-refractivity contribution in [3.8, 4) is 11.5 Å². The number of thiocarbonyl (C=S) groups is 1. The molecule has 3 aromatic carbocycles. The van der Waals surface area contributed by atoms with E-state index in [1.807, 2.05) is 53.4 Å². The minimum absolute atomic E-state index is 0.0289. The molecule has 0 bridgehead atoms. The van der Waals surface area contributed by atoms with E-state index < -0.39 is 0 Å². The number of nitrogens with one attached hydrogen (secondary N) is 2. The lowest BCUT2D eigenvalue weighted by atomic mass is 10.1. The fourth-order valence-electron chi connectivity index (χ4n) is 4.04. The van der Waals surface area contributed by atoms with Crippen molar-refractivity contribution in [1.82, 2.24) is 10.2 Å². The van der Waals surface area contributed by atoms with E-state index >= 15 is 0 Å². The number of rotatable bonds is 7. The smallest absolute Gasteiger partial charge is 0.253 e. The molecular weight excluding hydrogens is 500 g/mol. The van der Waals surface area contributed by atoms with Crippen LogP contribution in [0.2, 0.25) is 0 Å². The summed E-state index contributed by atoms with van der Waals surface area (Å²) in [6.45, 7) is 2.77. The predicted molar refractivity (Wildman–Crippen MR) is 154 cm³/mol. The summed E-state index contributed by atoms with van der Waals surface area (Å²) in [5.74, 6) is 1.19.